The molecule has 3 aromatic rings. The maximum atomic E-state index is 12.4. The summed E-state index contributed by atoms with van der Waals surface area (Å²) in [6, 6.07) is 14.5. The van der Waals surface area contributed by atoms with Crippen LogP contribution in [0.3, 0.4) is 0 Å². The number of anilines is 1. The molecule has 1 N–H and O–H groups in total. The molecule has 0 saturated heterocycles. The van der Waals surface area contributed by atoms with Gasteiger partial charge in [0.25, 0.3) is 0 Å². The van der Waals surface area contributed by atoms with Crippen LogP contribution in [0.5, 0.6) is 0 Å². The van der Waals surface area contributed by atoms with E-state index in [1.807, 2.05) is 25.2 Å². The Morgan fingerprint density at radius 1 is 1.19 bits per heavy atom. The second-order valence-electron chi connectivity index (χ2n) is 6.74. The number of carbonyl (C=O) groups excluding carboxylic acids is 1. The molecule has 0 atom stereocenters. The summed E-state index contributed by atoms with van der Waals surface area (Å²) in [4.78, 5) is 12.4. The molecule has 3 rings (SSSR count). The average Bonchev–Trinajstić information content (AvgIpc) is 3.14. The van der Waals surface area contributed by atoms with Gasteiger partial charge >= 0.3 is 7.60 Å². The smallest absolute Gasteiger partial charge is 0.323 e. The standard InChI is InChI=1S/C22H23ClN3O4P/c1-26-22(17-5-4-6-19(23)13-17)18(14-24-26)9-12-21(27)25-20-10-7-16(8-11-20)15-31(28,29-2)30-3/h4-14H,15H2,1-3H3,(H,25,27)/b12-9+. The maximum absolute atomic E-state index is 12.4. The number of aromatic nitrogens is 2. The highest BCUT2D eigenvalue weighted by atomic mass is 35.5. The monoisotopic (exact) mass is 459 g/mol. The molecule has 9 heteroatoms. The molecule has 162 valence electrons. The van der Waals surface area contributed by atoms with Crippen molar-refractivity contribution in [2.24, 2.45) is 7.05 Å². The first kappa shape index (κ1) is 23.0. The van der Waals surface area contributed by atoms with E-state index in [0.717, 1.165) is 22.4 Å². The van der Waals surface area contributed by atoms with Crippen LogP contribution in [0.15, 0.2) is 60.8 Å². The summed E-state index contributed by atoms with van der Waals surface area (Å²) < 4.78 is 23.9. The van der Waals surface area contributed by atoms with E-state index < -0.39 is 7.60 Å². The first-order valence-electron chi connectivity index (χ1n) is 9.40. The molecule has 7 nitrogen and oxygen atoms in total. The van der Waals surface area contributed by atoms with Crippen molar-refractivity contribution in [3.8, 4) is 11.3 Å². The van der Waals surface area contributed by atoms with E-state index in [9.17, 15) is 9.36 Å². The van der Waals surface area contributed by atoms with Crippen LogP contribution in [0.4, 0.5) is 5.69 Å². The normalized spacial score (nSPS) is 11.7. The van der Waals surface area contributed by atoms with Gasteiger partial charge in [0.2, 0.25) is 5.91 Å². The zero-order valence-electron chi connectivity index (χ0n) is 17.4. The Morgan fingerprint density at radius 2 is 1.90 bits per heavy atom. The molecule has 0 spiro atoms. The number of halogens is 1. The molecule has 1 amide bonds. The fraction of sp³-hybridized carbons (Fsp3) is 0.182. The number of hydrogen-bond acceptors (Lipinski definition) is 5. The van der Waals surface area contributed by atoms with Crippen molar-refractivity contribution in [2.75, 3.05) is 19.5 Å². The fourth-order valence-electron chi connectivity index (χ4n) is 3.04. The number of benzene rings is 2. The second kappa shape index (κ2) is 10.1. The van der Waals surface area contributed by atoms with Crippen LogP contribution in [0.1, 0.15) is 11.1 Å². The molecule has 2 aromatic carbocycles. The lowest BCUT2D eigenvalue weighted by molar-refractivity contribution is -0.111. The van der Waals surface area contributed by atoms with E-state index in [0.29, 0.717) is 10.7 Å². The van der Waals surface area contributed by atoms with Gasteiger partial charge in [0.1, 0.15) is 0 Å². The maximum Gasteiger partial charge on any atom is 0.334 e. The highest BCUT2D eigenvalue weighted by molar-refractivity contribution is 7.52. The van der Waals surface area contributed by atoms with E-state index in [1.165, 1.54) is 20.3 Å². The zero-order chi connectivity index (χ0) is 22.4. The lowest BCUT2D eigenvalue weighted by atomic mass is 10.1. The van der Waals surface area contributed by atoms with Gasteiger partial charge in [-0.25, -0.2) is 0 Å². The van der Waals surface area contributed by atoms with Crippen LogP contribution in [-0.4, -0.2) is 29.9 Å². The van der Waals surface area contributed by atoms with Gasteiger partial charge < -0.3 is 14.4 Å². The van der Waals surface area contributed by atoms with Crippen LogP contribution in [0, 0.1) is 0 Å². The third-order valence-electron chi connectivity index (χ3n) is 4.63. The van der Waals surface area contributed by atoms with Crippen LogP contribution in [-0.2, 0) is 31.6 Å². The summed E-state index contributed by atoms with van der Waals surface area (Å²) in [5.41, 5.74) is 3.96. The minimum Gasteiger partial charge on any atom is -0.323 e. The van der Waals surface area contributed by atoms with Gasteiger partial charge in [0.05, 0.1) is 18.1 Å². The minimum absolute atomic E-state index is 0.154. The number of nitrogens with one attached hydrogen (secondary N) is 1. The van der Waals surface area contributed by atoms with Crippen molar-refractivity contribution in [3.05, 3.63) is 77.0 Å². The van der Waals surface area contributed by atoms with E-state index in [1.54, 1.807) is 47.3 Å². The van der Waals surface area contributed by atoms with Crippen molar-refractivity contribution < 1.29 is 18.4 Å². The largest absolute Gasteiger partial charge is 0.334 e. The summed E-state index contributed by atoms with van der Waals surface area (Å²) in [6.07, 6.45) is 5.00. The topological polar surface area (TPSA) is 82.5 Å². The van der Waals surface area contributed by atoms with Crippen molar-refractivity contribution in [1.29, 1.82) is 0 Å². The molecule has 0 saturated carbocycles. The van der Waals surface area contributed by atoms with Crippen molar-refractivity contribution in [1.82, 2.24) is 9.78 Å². The zero-order valence-corrected chi connectivity index (χ0v) is 19.1. The Balaban J connectivity index is 1.69. The summed E-state index contributed by atoms with van der Waals surface area (Å²) in [6.45, 7) is 0. The molecule has 0 aliphatic rings. The number of rotatable bonds is 8. The number of amides is 1. The predicted octanol–water partition coefficient (Wildman–Crippen LogP) is 5.38. The van der Waals surface area contributed by atoms with E-state index in [2.05, 4.69) is 10.4 Å². The van der Waals surface area contributed by atoms with Crippen LogP contribution in [0.2, 0.25) is 5.02 Å². The molecule has 0 radical (unpaired) electrons. The lowest BCUT2D eigenvalue weighted by Gasteiger charge is -2.13. The molecule has 0 fully saturated rings. The fourth-order valence-corrected chi connectivity index (χ4v) is 4.29. The number of carbonyl (C=O) groups is 1. The van der Waals surface area contributed by atoms with E-state index in [4.69, 9.17) is 20.6 Å². The predicted molar refractivity (Wildman–Crippen MR) is 123 cm³/mol. The Hall–Kier alpha value is -2.70. The van der Waals surface area contributed by atoms with Crippen LogP contribution in [0.25, 0.3) is 17.3 Å². The van der Waals surface area contributed by atoms with Gasteiger partial charge in [-0.15, -0.1) is 0 Å². The SMILES string of the molecule is COP(=O)(Cc1ccc(NC(=O)/C=C/c2cnn(C)c2-c2cccc(Cl)c2)cc1)OC. The summed E-state index contributed by atoms with van der Waals surface area (Å²) in [5, 5.41) is 7.71. The number of hydrogen-bond donors (Lipinski definition) is 1. The second-order valence-corrected chi connectivity index (χ2v) is 9.44. The highest BCUT2D eigenvalue weighted by Gasteiger charge is 2.21. The van der Waals surface area contributed by atoms with E-state index in [-0.39, 0.29) is 12.1 Å². The number of aryl methyl sites for hydroxylation is 1. The molecule has 31 heavy (non-hydrogen) atoms. The quantitative estimate of drug-likeness (QED) is 0.361. The van der Waals surface area contributed by atoms with Crippen molar-refractivity contribution in [2.45, 2.75) is 6.16 Å². The Kier molecular flexibility index (Phi) is 7.46. The molecule has 0 unspecified atom stereocenters. The van der Waals surface area contributed by atoms with Gasteiger partial charge in [0.15, 0.2) is 0 Å². The third-order valence-corrected chi connectivity index (χ3v) is 6.73. The van der Waals surface area contributed by atoms with Crippen LogP contribution < -0.4 is 5.32 Å². The average molecular weight is 460 g/mol. The molecule has 0 aliphatic carbocycles. The Labute approximate surface area is 186 Å². The lowest BCUT2D eigenvalue weighted by Crippen LogP contribution is -2.07. The molecular formula is C22H23ClN3O4P. The van der Waals surface area contributed by atoms with Gasteiger partial charge in [-0.05, 0) is 35.9 Å². The first-order valence-corrected chi connectivity index (χ1v) is 11.5. The Bertz CT molecular complexity index is 1130. The van der Waals surface area contributed by atoms with Gasteiger partial charge in [0, 0.05) is 49.2 Å². The first-order chi connectivity index (χ1) is 14.8. The van der Waals surface area contributed by atoms with Crippen molar-refractivity contribution in [3.63, 3.8) is 0 Å². The van der Waals surface area contributed by atoms with E-state index >= 15 is 0 Å². The summed E-state index contributed by atoms with van der Waals surface area (Å²) in [7, 11) is 1.40. The molecule has 1 heterocycles. The third kappa shape index (κ3) is 5.93. The molecular weight excluding hydrogens is 437 g/mol. The van der Waals surface area contributed by atoms with Gasteiger partial charge in [-0.2, -0.15) is 5.10 Å². The molecule has 0 bridgehead atoms. The van der Waals surface area contributed by atoms with Gasteiger partial charge in [-0.1, -0.05) is 35.9 Å². The highest BCUT2D eigenvalue weighted by Crippen LogP contribution is 2.49. The number of nitrogens with zero attached hydrogens (tertiary/aromatic N) is 2. The summed E-state index contributed by atoms with van der Waals surface area (Å²) >= 11 is 6.11. The van der Waals surface area contributed by atoms with Crippen LogP contribution >= 0.6 is 19.2 Å². The minimum atomic E-state index is -3.14. The molecule has 1 aromatic heterocycles. The Morgan fingerprint density at radius 3 is 2.55 bits per heavy atom. The van der Waals surface area contributed by atoms with Crippen molar-refractivity contribution >= 4 is 36.9 Å². The summed E-state index contributed by atoms with van der Waals surface area (Å²) in [5.74, 6) is -0.284. The molecule has 0 aliphatic heterocycles. The van der Waals surface area contributed by atoms with Gasteiger partial charge in [-0.3, -0.25) is 14.0 Å².